The van der Waals surface area contributed by atoms with Crippen LogP contribution in [0.4, 0.5) is 4.39 Å². The second kappa shape index (κ2) is 4.97. The second-order valence-corrected chi connectivity index (χ2v) is 5.69. The minimum absolute atomic E-state index is 0.209. The zero-order valence-corrected chi connectivity index (χ0v) is 11.9. The largest absolute Gasteiger partial charge is 0.308 e. The van der Waals surface area contributed by atoms with Crippen LogP contribution in [0.15, 0.2) is 30.7 Å². The molecule has 1 N–H and O–H groups in total. The number of hydrogen-bond donors (Lipinski definition) is 1. The van der Waals surface area contributed by atoms with E-state index in [1.54, 1.807) is 12.4 Å². The average Bonchev–Trinajstić information content (AvgIpc) is 3.05. The van der Waals surface area contributed by atoms with Crippen LogP contribution in [-0.2, 0) is 6.54 Å². The average molecular weight is 357 g/mol. The Morgan fingerprint density at radius 3 is 3.00 bits per heavy atom. The van der Waals surface area contributed by atoms with Crippen molar-refractivity contribution in [3.05, 3.63) is 45.8 Å². The number of halogens is 2. The Morgan fingerprint density at radius 2 is 2.28 bits per heavy atom. The number of rotatable bonds is 4. The SMILES string of the molecule is Fc1ccc(-n2cnc(CNC3CC3)c2)c(I)c1. The summed E-state index contributed by atoms with van der Waals surface area (Å²) < 4.78 is 15.9. The van der Waals surface area contributed by atoms with Gasteiger partial charge in [-0.1, -0.05) is 0 Å². The van der Waals surface area contributed by atoms with Crippen LogP contribution in [0.5, 0.6) is 0 Å². The van der Waals surface area contributed by atoms with Crippen molar-refractivity contribution in [1.82, 2.24) is 14.9 Å². The summed E-state index contributed by atoms with van der Waals surface area (Å²) in [5, 5.41) is 3.42. The molecule has 3 rings (SSSR count). The third-order valence-corrected chi connectivity index (χ3v) is 3.84. The number of hydrogen-bond acceptors (Lipinski definition) is 2. The molecule has 0 atom stereocenters. The number of nitrogens with one attached hydrogen (secondary N) is 1. The molecule has 1 aromatic carbocycles. The van der Waals surface area contributed by atoms with Gasteiger partial charge in [-0.05, 0) is 53.6 Å². The van der Waals surface area contributed by atoms with Crippen LogP contribution in [0, 0.1) is 9.39 Å². The van der Waals surface area contributed by atoms with Crippen LogP contribution < -0.4 is 5.32 Å². The summed E-state index contributed by atoms with van der Waals surface area (Å²) in [6.45, 7) is 0.801. The molecule has 1 aliphatic rings. The molecule has 0 unspecified atom stereocenters. The Labute approximate surface area is 119 Å². The fourth-order valence-corrected chi connectivity index (χ4v) is 2.57. The van der Waals surface area contributed by atoms with Crippen molar-refractivity contribution in [2.45, 2.75) is 25.4 Å². The molecule has 0 amide bonds. The Kier molecular flexibility index (Phi) is 3.34. The predicted molar refractivity (Wildman–Crippen MR) is 76.1 cm³/mol. The molecule has 0 radical (unpaired) electrons. The number of benzene rings is 1. The first-order valence-corrected chi connectivity index (χ1v) is 7.02. The summed E-state index contributed by atoms with van der Waals surface area (Å²) in [6, 6.07) is 5.45. The van der Waals surface area contributed by atoms with Crippen LogP contribution in [0.1, 0.15) is 18.5 Å². The second-order valence-electron chi connectivity index (χ2n) is 4.52. The zero-order chi connectivity index (χ0) is 12.5. The molecular weight excluding hydrogens is 344 g/mol. The first-order valence-electron chi connectivity index (χ1n) is 5.94. The lowest BCUT2D eigenvalue weighted by Crippen LogP contribution is -2.15. The Morgan fingerprint density at radius 1 is 1.44 bits per heavy atom. The van der Waals surface area contributed by atoms with Crippen molar-refractivity contribution in [2.24, 2.45) is 0 Å². The van der Waals surface area contributed by atoms with Gasteiger partial charge in [-0.2, -0.15) is 0 Å². The highest BCUT2D eigenvalue weighted by molar-refractivity contribution is 14.1. The van der Waals surface area contributed by atoms with E-state index >= 15 is 0 Å². The van der Waals surface area contributed by atoms with E-state index in [1.165, 1.54) is 25.0 Å². The van der Waals surface area contributed by atoms with E-state index in [-0.39, 0.29) is 5.82 Å². The topological polar surface area (TPSA) is 29.9 Å². The van der Waals surface area contributed by atoms with Gasteiger partial charge in [-0.15, -0.1) is 0 Å². The molecule has 0 saturated heterocycles. The lowest BCUT2D eigenvalue weighted by atomic mass is 10.3. The van der Waals surface area contributed by atoms with Crippen LogP contribution in [-0.4, -0.2) is 15.6 Å². The number of imidazole rings is 1. The highest BCUT2D eigenvalue weighted by Crippen LogP contribution is 2.20. The molecular formula is C13H13FIN3. The lowest BCUT2D eigenvalue weighted by Gasteiger charge is -2.04. The summed E-state index contributed by atoms with van der Waals surface area (Å²) in [5.74, 6) is -0.209. The van der Waals surface area contributed by atoms with E-state index in [2.05, 4.69) is 32.9 Å². The van der Waals surface area contributed by atoms with Crippen molar-refractivity contribution >= 4 is 22.6 Å². The third-order valence-electron chi connectivity index (χ3n) is 2.97. The number of aromatic nitrogens is 2. The molecule has 0 aliphatic heterocycles. The fraction of sp³-hybridized carbons (Fsp3) is 0.308. The molecule has 1 heterocycles. The molecule has 0 spiro atoms. The van der Waals surface area contributed by atoms with Crippen LogP contribution in [0.3, 0.4) is 0 Å². The van der Waals surface area contributed by atoms with Gasteiger partial charge in [0.15, 0.2) is 0 Å². The van der Waals surface area contributed by atoms with Gasteiger partial charge >= 0.3 is 0 Å². The lowest BCUT2D eigenvalue weighted by molar-refractivity contribution is 0.626. The van der Waals surface area contributed by atoms with Gasteiger partial charge in [-0.25, -0.2) is 9.37 Å². The first kappa shape index (κ1) is 12.1. The molecule has 1 aliphatic carbocycles. The van der Waals surface area contributed by atoms with Gasteiger partial charge in [0, 0.05) is 22.4 Å². The van der Waals surface area contributed by atoms with E-state index in [4.69, 9.17) is 0 Å². The first-order chi connectivity index (χ1) is 8.72. The summed E-state index contributed by atoms with van der Waals surface area (Å²) >= 11 is 2.14. The van der Waals surface area contributed by atoms with Crippen molar-refractivity contribution in [2.75, 3.05) is 0 Å². The minimum Gasteiger partial charge on any atom is -0.308 e. The van der Waals surface area contributed by atoms with Crippen molar-refractivity contribution < 1.29 is 4.39 Å². The maximum Gasteiger partial charge on any atom is 0.124 e. The highest BCUT2D eigenvalue weighted by atomic mass is 127. The Hall–Kier alpha value is -0.950. The molecule has 3 nitrogen and oxygen atoms in total. The van der Waals surface area contributed by atoms with Gasteiger partial charge < -0.3 is 9.88 Å². The Bertz CT molecular complexity index is 563. The molecule has 5 heteroatoms. The quantitative estimate of drug-likeness (QED) is 0.853. The van der Waals surface area contributed by atoms with Crippen LogP contribution in [0.2, 0.25) is 0 Å². The summed E-state index contributed by atoms with van der Waals surface area (Å²) in [4.78, 5) is 4.36. The molecule has 94 valence electrons. The van der Waals surface area contributed by atoms with Crippen molar-refractivity contribution in [3.8, 4) is 5.69 Å². The normalized spacial score (nSPS) is 15.0. The predicted octanol–water partition coefficient (Wildman–Crippen LogP) is 2.87. The maximum absolute atomic E-state index is 13.0. The maximum atomic E-state index is 13.0. The van der Waals surface area contributed by atoms with E-state index in [0.29, 0.717) is 6.04 Å². The zero-order valence-electron chi connectivity index (χ0n) is 9.74. The summed E-state index contributed by atoms with van der Waals surface area (Å²) in [5.41, 5.74) is 1.98. The van der Waals surface area contributed by atoms with E-state index in [1.807, 2.05) is 10.8 Å². The molecule has 18 heavy (non-hydrogen) atoms. The minimum atomic E-state index is -0.209. The number of nitrogens with zero attached hydrogens (tertiary/aromatic N) is 2. The van der Waals surface area contributed by atoms with Gasteiger partial charge in [0.05, 0.1) is 17.7 Å². The molecule has 0 bridgehead atoms. The standard InChI is InChI=1S/C13H13FIN3/c14-9-1-4-13(12(15)5-9)18-7-11(17-8-18)6-16-10-2-3-10/h1,4-5,7-8,10,16H,2-3,6H2. The summed E-state index contributed by atoms with van der Waals surface area (Å²) in [7, 11) is 0. The van der Waals surface area contributed by atoms with Gasteiger partial charge in [-0.3, -0.25) is 0 Å². The van der Waals surface area contributed by atoms with Crippen molar-refractivity contribution in [1.29, 1.82) is 0 Å². The molecule has 1 fully saturated rings. The van der Waals surface area contributed by atoms with E-state index < -0.39 is 0 Å². The smallest absolute Gasteiger partial charge is 0.124 e. The van der Waals surface area contributed by atoms with E-state index in [0.717, 1.165) is 21.5 Å². The molecule has 2 aromatic rings. The highest BCUT2D eigenvalue weighted by Gasteiger charge is 2.20. The third kappa shape index (κ3) is 2.72. The van der Waals surface area contributed by atoms with E-state index in [9.17, 15) is 4.39 Å². The van der Waals surface area contributed by atoms with Crippen LogP contribution >= 0.6 is 22.6 Å². The van der Waals surface area contributed by atoms with Gasteiger partial charge in [0.1, 0.15) is 5.82 Å². The van der Waals surface area contributed by atoms with Crippen molar-refractivity contribution in [3.63, 3.8) is 0 Å². The van der Waals surface area contributed by atoms with Gasteiger partial charge in [0.2, 0.25) is 0 Å². The summed E-state index contributed by atoms with van der Waals surface area (Å²) in [6.07, 6.45) is 6.32. The fourth-order valence-electron chi connectivity index (χ4n) is 1.81. The van der Waals surface area contributed by atoms with Gasteiger partial charge in [0.25, 0.3) is 0 Å². The monoisotopic (exact) mass is 357 g/mol. The Balaban J connectivity index is 1.78. The molecule has 1 aromatic heterocycles. The molecule has 1 saturated carbocycles. The van der Waals surface area contributed by atoms with Crippen LogP contribution in [0.25, 0.3) is 5.69 Å².